The lowest BCUT2D eigenvalue weighted by molar-refractivity contribution is -0.0174. The van der Waals surface area contributed by atoms with Crippen LogP contribution in [0.2, 0.25) is 0 Å². The standard InChI is InChI=1S/C7H13NO/c1-5-2-6-3-7(9-5)4-8-6/h5-8H,2-4H2,1H3/t5?,6-,7-/m1/s1. The molecule has 3 atom stereocenters. The van der Waals surface area contributed by atoms with Crippen molar-refractivity contribution in [1.82, 2.24) is 5.32 Å². The lowest BCUT2D eigenvalue weighted by Crippen LogP contribution is -2.29. The fourth-order valence-corrected chi connectivity index (χ4v) is 1.85. The normalized spacial score (nSPS) is 49.7. The summed E-state index contributed by atoms with van der Waals surface area (Å²) in [6.45, 7) is 3.24. The number of nitrogens with one attached hydrogen (secondary N) is 1. The van der Waals surface area contributed by atoms with Gasteiger partial charge in [-0.15, -0.1) is 0 Å². The van der Waals surface area contributed by atoms with Crippen LogP contribution >= 0.6 is 0 Å². The molecule has 0 radical (unpaired) electrons. The van der Waals surface area contributed by atoms with E-state index in [0.717, 1.165) is 12.6 Å². The Hall–Kier alpha value is -0.0800. The van der Waals surface area contributed by atoms with Crippen molar-refractivity contribution in [2.24, 2.45) is 0 Å². The molecule has 2 fully saturated rings. The molecule has 52 valence electrons. The van der Waals surface area contributed by atoms with Crippen molar-refractivity contribution in [2.75, 3.05) is 6.54 Å². The van der Waals surface area contributed by atoms with Crippen molar-refractivity contribution in [3.05, 3.63) is 0 Å². The summed E-state index contributed by atoms with van der Waals surface area (Å²) in [5.41, 5.74) is 0. The second-order valence-corrected chi connectivity index (χ2v) is 3.15. The van der Waals surface area contributed by atoms with Gasteiger partial charge in [-0.2, -0.15) is 0 Å². The van der Waals surface area contributed by atoms with E-state index in [9.17, 15) is 0 Å². The van der Waals surface area contributed by atoms with Crippen molar-refractivity contribution in [1.29, 1.82) is 0 Å². The summed E-state index contributed by atoms with van der Waals surface area (Å²) < 4.78 is 5.61. The lowest BCUT2D eigenvalue weighted by atomic mass is 10.0. The van der Waals surface area contributed by atoms with Crippen molar-refractivity contribution in [3.8, 4) is 0 Å². The van der Waals surface area contributed by atoms with E-state index in [2.05, 4.69) is 12.2 Å². The smallest absolute Gasteiger partial charge is 0.0718 e. The highest BCUT2D eigenvalue weighted by Crippen LogP contribution is 2.23. The molecule has 0 spiro atoms. The van der Waals surface area contributed by atoms with Crippen molar-refractivity contribution in [3.63, 3.8) is 0 Å². The topological polar surface area (TPSA) is 21.3 Å². The zero-order valence-electron chi connectivity index (χ0n) is 5.76. The van der Waals surface area contributed by atoms with Crippen LogP contribution in [0.1, 0.15) is 19.8 Å². The van der Waals surface area contributed by atoms with Gasteiger partial charge < -0.3 is 10.1 Å². The van der Waals surface area contributed by atoms with Crippen LogP contribution in [-0.4, -0.2) is 24.8 Å². The van der Waals surface area contributed by atoms with Crippen LogP contribution in [0.4, 0.5) is 0 Å². The zero-order chi connectivity index (χ0) is 6.27. The third-order valence-corrected chi connectivity index (χ3v) is 2.22. The molecule has 1 N–H and O–H groups in total. The average Bonchev–Trinajstić information content (AvgIpc) is 2.11. The van der Waals surface area contributed by atoms with Gasteiger partial charge in [-0.05, 0) is 19.8 Å². The number of fused-ring (bicyclic) bond motifs is 2. The van der Waals surface area contributed by atoms with Crippen LogP contribution in [0.3, 0.4) is 0 Å². The number of hydrogen-bond acceptors (Lipinski definition) is 2. The number of ether oxygens (including phenoxy) is 1. The SMILES string of the molecule is CC1C[C@@H]2C[C@H](CN2)O1. The van der Waals surface area contributed by atoms with Crippen LogP contribution in [-0.2, 0) is 4.74 Å². The van der Waals surface area contributed by atoms with E-state index in [-0.39, 0.29) is 0 Å². The molecule has 2 bridgehead atoms. The first-order valence-electron chi connectivity index (χ1n) is 3.73. The van der Waals surface area contributed by atoms with E-state index in [0.29, 0.717) is 12.2 Å². The number of hydrogen-bond donors (Lipinski definition) is 1. The Morgan fingerprint density at radius 3 is 3.11 bits per heavy atom. The van der Waals surface area contributed by atoms with E-state index in [1.54, 1.807) is 0 Å². The maximum Gasteiger partial charge on any atom is 0.0718 e. The Kier molecular flexibility index (Phi) is 1.24. The van der Waals surface area contributed by atoms with Crippen LogP contribution < -0.4 is 5.32 Å². The van der Waals surface area contributed by atoms with Crippen molar-refractivity contribution >= 4 is 0 Å². The summed E-state index contributed by atoms with van der Waals surface area (Å²) in [7, 11) is 0. The molecule has 1 unspecified atom stereocenters. The van der Waals surface area contributed by atoms with Gasteiger partial charge in [0.05, 0.1) is 12.2 Å². The first-order chi connectivity index (χ1) is 4.34. The quantitative estimate of drug-likeness (QED) is 0.512. The van der Waals surface area contributed by atoms with Gasteiger partial charge in [0.1, 0.15) is 0 Å². The highest BCUT2D eigenvalue weighted by atomic mass is 16.5. The monoisotopic (exact) mass is 127 g/mol. The van der Waals surface area contributed by atoms with Crippen LogP contribution in [0, 0.1) is 0 Å². The predicted molar refractivity (Wildman–Crippen MR) is 35.4 cm³/mol. The average molecular weight is 127 g/mol. The minimum absolute atomic E-state index is 0.490. The zero-order valence-corrected chi connectivity index (χ0v) is 5.76. The third kappa shape index (κ3) is 0.970. The van der Waals surface area contributed by atoms with Gasteiger partial charge >= 0.3 is 0 Å². The van der Waals surface area contributed by atoms with Crippen molar-refractivity contribution < 1.29 is 4.74 Å². The summed E-state index contributed by atoms with van der Waals surface area (Å²) in [6, 6.07) is 0.763. The van der Waals surface area contributed by atoms with E-state index in [1.165, 1.54) is 12.8 Å². The largest absolute Gasteiger partial charge is 0.374 e. The molecule has 0 amide bonds. The van der Waals surface area contributed by atoms with Gasteiger partial charge in [0.25, 0.3) is 0 Å². The minimum Gasteiger partial charge on any atom is -0.374 e. The molecule has 0 aromatic heterocycles. The van der Waals surface area contributed by atoms with E-state index >= 15 is 0 Å². The van der Waals surface area contributed by atoms with E-state index in [1.807, 2.05) is 0 Å². The molecule has 0 aliphatic carbocycles. The molecule has 0 aromatic rings. The molecule has 0 saturated carbocycles. The molecule has 0 aromatic carbocycles. The maximum atomic E-state index is 5.61. The van der Waals surface area contributed by atoms with Crippen LogP contribution in [0.15, 0.2) is 0 Å². The maximum absolute atomic E-state index is 5.61. The molecule has 2 heterocycles. The lowest BCUT2D eigenvalue weighted by Gasteiger charge is -2.24. The fourth-order valence-electron chi connectivity index (χ4n) is 1.85. The van der Waals surface area contributed by atoms with Gasteiger partial charge in [0, 0.05) is 12.6 Å². The molecule has 9 heavy (non-hydrogen) atoms. The first kappa shape index (κ1) is 5.69. The van der Waals surface area contributed by atoms with Gasteiger partial charge in [-0.3, -0.25) is 0 Å². The summed E-state index contributed by atoms with van der Waals surface area (Å²) >= 11 is 0. The highest BCUT2D eigenvalue weighted by molar-refractivity contribution is 4.88. The Labute approximate surface area is 55.6 Å². The van der Waals surface area contributed by atoms with Gasteiger partial charge in [0.2, 0.25) is 0 Å². The molecular weight excluding hydrogens is 114 g/mol. The first-order valence-corrected chi connectivity index (χ1v) is 3.73. The summed E-state index contributed by atoms with van der Waals surface area (Å²) in [5, 5.41) is 3.42. The molecule has 2 nitrogen and oxygen atoms in total. The molecule has 2 rings (SSSR count). The molecular formula is C7H13NO. The summed E-state index contributed by atoms with van der Waals surface area (Å²) in [5.74, 6) is 0. The molecule has 2 heteroatoms. The summed E-state index contributed by atoms with van der Waals surface area (Å²) in [6.07, 6.45) is 3.46. The Morgan fingerprint density at radius 1 is 1.44 bits per heavy atom. The van der Waals surface area contributed by atoms with Gasteiger partial charge in [0.15, 0.2) is 0 Å². The predicted octanol–water partition coefficient (Wildman–Crippen LogP) is 0.526. The van der Waals surface area contributed by atoms with Gasteiger partial charge in [-0.25, -0.2) is 0 Å². The molecule has 2 saturated heterocycles. The minimum atomic E-state index is 0.490. The van der Waals surface area contributed by atoms with Crippen molar-refractivity contribution in [2.45, 2.75) is 38.0 Å². The Balaban J connectivity index is 2.03. The molecule has 2 aliphatic heterocycles. The van der Waals surface area contributed by atoms with E-state index in [4.69, 9.17) is 4.74 Å². The highest BCUT2D eigenvalue weighted by Gasteiger charge is 2.32. The fraction of sp³-hybridized carbons (Fsp3) is 1.00. The van der Waals surface area contributed by atoms with Gasteiger partial charge in [-0.1, -0.05) is 0 Å². The second kappa shape index (κ2) is 1.96. The Morgan fingerprint density at radius 2 is 2.33 bits per heavy atom. The van der Waals surface area contributed by atoms with Crippen LogP contribution in [0.25, 0.3) is 0 Å². The third-order valence-electron chi connectivity index (χ3n) is 2.22. The Bertz CT molecular complexity index is 103. The molecule has 2 aliphatic rings. The number of rotatable bonds is 0. The van der Waals surface area contributed by atoms with Crippen LogP contribution in [0.5, 0.6) is 0 Å². The summed E-state index contributed by atoms with van der Waals surface area (Å²) in [4.78, 5) is 0. The van der Waals surface area contributed by atoms with E-state index < -0.39 is 0 Å². The second-order valence-electron chi connectivity index (χ2n) is 3.15.